The average Bonchev–Trinajstić information content (AvgIpc) is 2.41. The smallest absolute Gasteiger partial charge is 0.251 e. The maximum Gasteiger partial charge on any atom is 0.251 e. The van der Waals surface area contributed by atoms with Crippen LogP contribution in [0, 0.1) is 13.8 Å². The lowest BCUT2D eigenvalue weighted by molar-refractivity contribution is 0.0940. The molecule has 1 atom stereocenters. The van der Waals surface area contributed by atoms with Gasteiger partial charge in [-0.15, -0.1) is 0 Å². The standard InChI is InChI=1S/C17H17BrClNO/c1-10-4-6-14(11(2)8-10)12(3)20-17(21)13-5-7-15(18)16(19)9-13/h4-9,12H,1-3H3,(H,20,21). The van der Waals surface area contributed by atoms with E-state index in [0.717, 1.165) is 10.0 Å². The van der Waals surface area contributed by atoms with Gasteiger partial charge in [-0.3, -0.25) is 4.79 Å². The minimum atomic E-state index is -0.128. The van der Waals surface area contributed by atoms with Crippen LogP contribution < -0.4 is 5.32 Å². The maximum absolute atomic E-state index is 12.3. The van der Waals surface area contributed by atoms with Crippen LogP contribution in [0.25, 0.3) is 0 Å². The van der Waals surface area contributed by atoms with E-state index in [1.807, 2.05) is 6.92 Å². The lowest BCUT2D eigenvalue weighted by Crippen LogP contribution is -2.27. The molecule has 0 aliphatic carbocycles. The van der Waals surface area contributed by atoms with Crippen molar-refractivity contribution < 1.29 is 4.79 Å². The molecule has 0 heterocycles. The lowest BCUT2D eigenvalue weighted by atomic mass is 10.00. The number of rotatable bonds is 3. The zero-order valence-corrected chi connectivity index (χ0v) is 14.5. The van der Waals surface area contributed by atoms with Crippen LogP contribution in [-0.4, -0.2) is 5.91 Å². The van der Waals surface area contributed by atoms with Crippen LogP contribution in [0.15, 0.2) is 40.9 Å². The molecule has 2 aromatic carbocycles. The van der Waals surface area contributed by atoms with Gasteiger partial charge in [-0.25, -0.2) is 0 Å². The Balaban J connectivity index is 2.16. The number of hydrogen-bond donors (Lipinski definition) is 1. The Kier molecular flexibility index (Phi) is 5.07. The Hall–Kier alpha value is -1.32. The van der Waals surface area contributed by atoms with Crippen molar-refractivity contribution in [2.45, 2.75) is 26.8 Å². The zero-order chi connectivity index (χ0) is 15.6. The molecule has 0 radical (unpaired) electrons. The first-order valence-electron chi connectivity index (χ1n) is 6.71. The van der Waals surface area contributed by atoms with E-state index >= 15 is 0 Å². The summed E-state index contributed by atoms with van der Waals surface area (Å²) in [6, 6.07) is 11.4. The van der Waals surface area contributed by atoms with E-state index in [2.05, 4.69) is 53.3 Å². The fourth-order valence-electron chi connectivity index (χ4n) is 2.31. The summed E-state index contributed by atoms with van der Waals surface area (Å²) in [6.45, 7) is 6.10. The molecule has 0 fully saturated rings. The topological polar surface area (TPSA) is 29.1 Å². The van der Waals surface area contributed by atoms with Gasteiger partial charge in [0.25, 0.3) is 5.91 Å². The predicted molar refractivity (Wildman–Crippen MR) is 90.9 cm³/mol. The highest BCUT2D eigenvalue weighted by atomic mass is 79.9. The third-order valence-corrected chi connectivity index (χ3v) is 4.65. The summed E-state index contributed by atoms with van der Waals surface area (Å²) in [6.07, 6.45) is 0. The van der Waals surface area contributed by atoms with Crippen LogP contribution in [0.4, 0.5) is 0 Å². The van der Waals surface area contributed by atoms with E-state index in [-0.39, 0.29) is 11.9 Å². The fourth-order valence-corrected chi connectivity index (χ4v) is 2.73. The van der Waals surface area contributed by atoms with Crippen molar-refractivity contribution in [2.24, 2.45) is 0 Å². The summed E-state index contributed by atoms with van der Waals surface area (Å²) < 4.78 is 0.781. The highest BCUT2D eigenvalue weighted by molar-refractivity contribution is 9.10. The second-order valence-corrected chi connectivity index (χ2v) is 6.45. The molecule has 0 aliphatic heterocycles. The van der Waals surface area contributed by atoms with E-state index in [9.17, 15) is 4.79 Å². The van der Waals surface area contributed by atoms with Crippen LogP contribution >= 0.6 is 27.5 Å². The molecular formula is C17H17BrClNO. The molecule has 0 saturated carbocycles. The highest BCUT2D eigenvalue weighted by Crippen LogP contribution is 2.24. The third kappa shape index (κ3) is 3.86. The fraction of sp³-hybridized carbons (Fsp3) is 0.235. The molecule has 0 saturated heterocycles. The molecular weight excluding hydrogens is 350 g/mol. The summed E-state index contributed by atoms with van der Waals surface area (Å²) >= 11 is 9.35. The summed E-state index contributed by atoms with van der Waals surface area (Å²) in [5.41, 5.74) is 4.07. The molecule has 2 rings (SSSR count). The van der Waals surface area contributed by atoms with Crippen molar-refractivity contribution in [1.82, 2.24) is 5.32 Å². The summed E-state index contributed by atoms with van der Waals surface area (Å²) in [5.74, 6) is -0.128. The molecule has 110 valence electrons. The van der Waals surface area contributed by atoms with Gasteiger partial charge in [0.1, 0.15) is 0 Å². The first-order chi connectivity index (χ1) is 9.88. The van der Waals surface area contributed by atoms with Gasteiger partial charge in [-0.1, -0.05) is 35.4 Å². The number of aryl methyl sites for hydroxylation is 2. The van der Waals surface area contributed by atoms with Crippen LogP contribution in [0.2, 0.25) is 5.02 Å². The second-order valence-electron chi connectivity index (χ2n) is 5.18. The molecule has 1 N–H and O–H groups in total. The van der Waals surface area contributed by atoms with E-state index in [4.69, 9.17) is 11.6 Å². The van der Waals surface area contributed by atoms with Gasteiger partial charge >= 0.3 is 0 Å². The molecule has 2 nitrogen and oxygen atoms in total. The Morgan fingerprint density at radius 1 is 1.19 bits per heavy atom. The van der Waals surface area contributed by atoms with Crippen molar-refractivity contribution >= 4 is 33.4 Å². The van der Waals surface area contributed by atoms with Gasteiger partial charge in [0, 0.05) is 10.0 Å². The van der Waals surface area contributed by atoms with Crippen LogP contribution in [0.5, 0.6) is 0 Å². The SMILES string of the molecule is Cc1ccc(C(C)NC(=O)c2ccc(Br)c(Cl)c2)c(C)c1. The monoisotopic (exact) mass is 365 g/mol. The van der Waals surface area contributed by atoms with E-state index < -0.39 is 0 Å². The van der Waals surface area contributed by atoms with E-state index in [0.29, 0.717) is 10.6 Å². The molecule has 1 unspecified atom stereocenters. The predicted octanol–water partition coefficient (Wildman–Crippen LogP) is 5.21. The van der Waals surface area contributed by atoms with Gasteiger partial charge in [0.15, 0.2) is 0 Å². The average molecular weight is 367 g/mol. The number of hydrogen-bond acceptors (Lipinski definition) is 1. The van der Waals surface area contributed by atoms with Gasteiger partial charge in [-0.2, -0.15) is 0 Å². The first-order valence-corrected chi connectivity index (χ1v) is 7.88. The largest absolute Gasteiger partial charge is 0.346 e. The van der Waals surface area contributed by atoms with E-state index in [1.54, 1.807) is 18.2 Å². The van der Waals surface area contributed by atoms with Gasteiger partial charge < -0.3 is 5.32 Å². The number of nitrogens with one attached hydrogen (secondary N) is 1. The quantitative estimate of drug-likeness (QED) is 0.793. The second kappa shape index (κ2) is 6.63. The number of benzene rings is 2. The van der Waals surface area contributed by atoms with Crippen LogP contribution in [-0.2, 0) is 0 Å². The number of amides is 1. The van der Waals surface area contributed by atoms with Crippen molar-refractivity contribution in [3.8, 4) is 0 Å². The molecule has 0 spiro atoms. The summed E-state index contributed by atoms with van der Waals surface area (Å²) in [4.78, 5) is 12.3. The Labute approximate surface area is 138 Å². The van der Waals surface area contributed by atoms with Crippen LogP contribution in [0.3, 0.4) is 0 Å². The molecule has 1 amide bonds. The minimum Gasteiger partial charge on any atom is -0.346 e. The van der Waals surface area contributed by atoms with E-state index in [1.165, 1.54) is 11.1 Å². The van der Waals surface area contributed by atoms with Gasteiger partial charge in [0.2, 0.25) is 0 Å². The molecule has 2 aromatic rings. The minimum absolute atomic E-state index is 0.0551. The maximum atomic E-state index is 12.3. The molecule has 0 aliphatic rings. The first kappa shape index (κ1) is 16.1. The zero-order valence-electron chi connectivity index (χ0n) is 12.2. The third-order valence-electron chi connectivity index (χ3n) is 3.42. The Morgan fingerprint density at radius 3 is 2.52 bits per heavy atom. The van der Waals surface area contributed by atoms with Crippen LogP contribution in [0.1, 0.15) is 40.0 Å². The summed E-state index contributed by atoms with van der Waals surface area (Å²) in [5, 5.41) is 3.54. The molecule has 0 aromatic heterocycles. The molecule has 21 heavy (non-hydrogen) atoms. The Bertz CT molecular complexity index is 684. The molecule has 4 heteroatoms. The normalized spacial score (nSPS) is 12.0. The van der Waals surface area contributed by atoms with Crippen molar-refractivity contribution in [3.63, 3.8) is 0 Å². The van der Waals surface area contributed by atoms with Crippen molar-refractivity contribution in [3.05, 3.63) is 68.1 Å². The van der Waals surface area contributed by atoms with Gasteiger partial charge in [-0.05, 0) is 66.0 Å². The number of halogens is 2. The molecule has 0 bridgehead atoms. The summed E-state index contributed by atoms with van der Waals surface area (Å²) in [7, 11) is 0. The highest BCUT2D eigenvalue weighted by Gasteiger charge is 2.14. The number of carbonyl (C=O) groups excluding carboxylic acids is 1. The van der Waals surface area contributed by atoms with Crippen molar-refractivity contribution in [2.75, 3.05) is 0 Å². The number of carbonyl (C=O) groups is 1. The Morgan fingerprint density at radius 2 is 1.90 bits per heavy atom. The van der Waals surface area contributed by atoms with Gasteiger partial charge in [0.05, 0.1) is 11.1 Å². The lowest BCUT2D eigenvalue weighted by Gasteiger charge is -2.17. The van der Waals surface area contributed by atoms with Crippen molar-refractivity contribution in [1.29, 1.82) is 0 Å².